The van der Waals surface area contributed by atoms with Gasteiger partial charge in [0.2, 0.25) is 0 Å². The number of halogens is 6. The van der Waals surface area contributed by atoms with Crippen molar-refractivity contribution >= 4 is 221 Å². The summed E-state index contributed by atoms with van der Waals surface area (Å²) in [4.78, 5) is 71.8. The van der Waals surface area contributed by atoms with Crippen LogP contribution in [-0.4, -0.2) is 83.3 Å². The summed E-state index contributed by atoms with van der Waals surface area (Å²) < 4.78 is 20.7. The Morgan fingerprint density at radius 2 is 0.554 bits per heavy atom. The van der Waals surface area contributed by atoms with E-state index in [0.717, 1.165) is 0 Å². The Hall–Kier alpha value is -5.36. The number of rotatable bonds is 6. The number of hydrogen-bond donors (Lipinski definition) is 6. The van der Waals surface area contributed by atoms with Crippen LogP contribution < -0.4 is 16.3 Å². The lowest BCUT2D eigenvalue weighted by Gasteiger charge is -2.18. The highest BCUT2D eigenvalue weighted by molar-refractivity contribution is 14.1. The maximum absolute atomic E-state index is 12.1. The van der Waals surface area contributed by atoms with Crippen LogP contribution in [0.2, 0.25) is 0 Å². The number of hydrogen-bond acceptors (Lipinski definition) is 12. The number of carboxylic acids is 3. The van der Waals surface area contributed by atoms with Crippen molar-refractivity contribution in [2.45, 2.75) is 0 Å². The van der Waals surface area contributed by atoms with Crippen molar-refractivity contribution < 1.29 is 58.3 Å². The number of aromatic hydroxyl groups is 3. The standard InChI is InChI=1S/3C20H10I2O5.2Al.6H/c3*21-16-13(23)7-5-11-15(9-3-1-2-4-10(9)20(25)26)12-6-8-14(24)17(22)19(12)27-18(11)16;;;;;;;;/h3*1-8,23H,(H,25,26);;;;;;;;. The third-order valence-corrected chi connectivity index (χ3v) is 19.1. The van der Waals surface area contributed by atoms with E-state index in [1.54, 1.807) is 109 Å². The van der Waals surface area contributed by atoms with Crippen LogP contribution in [0.3, 0.4) is 0 Å². The molecule has 0 fully saturated rings. The van der Waals surface area contributed by atoms with Crippen molar-refractivity contribution in [3.8, 4) is 84.6 Å². The van der Waals surface area contributed by atoms with Crippen molar-refractivity contribution in [1.29, 1.82) is 0 Å². The van der Waals surface area contributed by atoms with Gasteiger partial charge in [0.05, 0.1) is 27.4 Å². The van der Waals surface area contributed by atoms with E-state index >= 15 is 0 Å². The molecule has 6 aliphatic rings. The summed E-state index contributed by atoms with van der Waals surface area (Å²) in [5, 5.41) is 61.2. The maximum Gasteiger partial charge on any atom is 0.336 e. The molecule has 3 heterocycles. The van der Waals surface area contributed by atoms with Crippen LogP contribution in [0.1, 0.15) is 31.1 Å². The third-order valence-electron chi connectivity index (χ3n) is 12.9. The van der Waals surface area contributed by atoms with E-state index in [2.05, 4.69) is 0 Å². The molecule has 0 saturated heterocycles. The molecule has 23 heteroatoms. The molecule has 0 bridgehead atoms. The van der Waals surface area contributed by atoms with Gasteiger partial charge in [-0.15, -0.1) is 0 Å². The van der Waals surface area contributed by atoms with Gasteiger partial charge in [0, 0.05) is 49.5 Å². The van der Waals surface area contributed by atoms with Crippen LogP contribution in [-0.2, 0) is 0 Å². The number of benzene rings is 9. The van der Waals surface area contributed by atoms with Gasteiger partial charge in [-0.25, -0.2) is 14.4 Å². The second-order valence-electron chi connectivity index (χ2n) is 17.6. The Morgan fingerprint density at radius 3 is 0.795 bits per heavy atom. The minimum absolute atomic E-state index is 0. The minimum Gasteiger partial charge on any atom is -0.507 e. The normalized spacial score (nSPS) is 10.9. The largest absolute Gasteiger partial charge is 0.507 e. The van der Waals surface area contributed by atoms with Crippen LogP contribution >= 0.6 is 136 Å². The lowest BCUT2D eigenvalue weighted by molar-refractivity contribution is 0.0687. The minimum atomic E-state index is -1.05. The molecule has 15 nitrogen and oxygen atoms in total. The molecule has 6 N–H and O–H groups in total. The first-order valence-corrected chi connectivity index (χ1v) is 29.8. The predicted molar refractivity (Wildman–Crippen MR) is 376 cm³/mol. The van der Waals surface area contributed by atoms with Crippen LogP contribution in [0.4, 0.5) is 0 Å². The Labute approximate surface area is 570 Å². The number of aromatic carboxylic acids is 3. The third kappa shape index (κ3) is 11.9. The maximum atomic E-state index is 12.1. The summed E-state index contributed by atoms with van der Waals surface area (Å²) in [5.74, 6) is -1.87. The van der Waals surface area contributed by atoms with Gasteiger partial charge in [-0.2, -0.15) is 0 Å². The fourth-order valence-electron chi connectivity index (χ4n) is 9.31. The highest BCUT2D eigenvalue weighted by Gasteiger charge is 2.29. The molecular weight excluding hydrogens is 1780 g/mol. The average Bonchev–Trinajstić information content (AvgIpc) is 3.11. The van der Waals surface area contributed by atoms with Crippen molar-refractivity contribution in [3.05, 3.63) is 214 Å². The van der Waals surface area contributed by atoms with Crippen LogP contribution in [0, 0.1) is 21.4 Å². The van der Waals surface area contributed by atoms with E-state index < -0.39 is 17.9 Å². The summed E-state index contributed by atoms with van der Waals surface area (Å²) in [6.45, 7) is 0. The van der Waals surface area contributed by atoms with Gasteiger partial charge in [0.25, 0.3) is 0 Å². The van der Waals surface area contributed by atoms with Crippen molar-refractivity contribution in [2.24, 2.45) is 0 Å². The molecule has 0 radical (unpaired) electrons. The quantitative estimate of drug-likeness (QED) is 0.0514. The summed E-state index contributed by atoms with van der Waals surface area (Å²) in [6, 6.07) is 39.1. The van der Waals surface area contributed by atoms with Gasteiger partial charge in [0.15, 0.2) is 85.0 Å². The van der Waals surface area contributed by atoms with Crippen molar-refractivity contribution in [3.63, 3.8) is 0 Å². The molecule has 83 heavy (non-hydrogen) atoms. The molecule has 6 aromatic carbocycles. The van der Waals surface area contributed by atoms with E-state index in [4.69, 9.17) is 13.3 Å². The number of carboxylic acid groups (broad SMARTS) is 3. The second kappa shape index (κ2) is 26.1. The molecule has 12 rings (SSSR count). The zero-order valence-electron chi connectivity index (χ0n) is 40.5. The van der Waals surface area contributed by atoms with Crippen molar-refractivity contribution in [1.82, 2.24) is 0 Å². The second-order valence-corrected chi connectivity index (χ2v) is 24.0. The molecule has 0 spiro atoms. The first-order chi connectivity index (χ1) is 38.7. The van der Waals surface area contributed by atoms with Gasteiger partial charge in [-0.1, -0.05) is 54.6 Å². The van der Waals surface area contributed by atoms with E-state index in [-0.39, 0.29) is 84.9 Å². The SMILES string of the molecule is O=C(O)c1ccccc1-c1c2ccc(=O)c(I)c-2oc2c(I)c(O)ccc12.O=C(O)c1ccccc1-c1c2ccc(=O)c(I)c-2oc2c(I)c(O)ccc12.O=C(O)c1ccccc1-c1c2ccc(=O)c(I)c-2oc2c(I)c(O)ccc12.[AlH3].[AlH3]. The molecule has 0 unspecified atom stereocenters. The lowest BCUT2D eigenvalue weighted by atomic mass is 9.91. The van der Waals surface area contributed by atoms with Crippen LogP contribution in [0.15, 0.2) is 173 Å². The molecule has 0 saturated carbocycles. The molecule has 6 aromatic rings. The van der Waals surface area contributed by atoms with Crippen LogP contribution in [0.5, 0.6) is 17.2 Å². The summed E-state index contributed by atoms with van der Waals surface area (Å²) in [7, 11) is 0. The van der Waals surface area contributed by atoms with Gasteiger partial charge in [0.1, 0.15) is 28.0 Å². The fourth-order valence-corrected chi connectivity index (χ4v) is 12.8. The van der Waals surface area contributed by atoms with Crippen LogP contribution in [0.25, 0.3) is 100 Å². The smallest absolute Gasteiger partial charge is 0.336 e. The Morgan fingerprint density at radius 1 is 0.313 bits per heavy atom. The number of phenols is 3. The highest BCUT2D eigenvalue weighted by atomic mass is 127. The summed E-state index contributed by atoms with van der Waals surface area (Å²) in [5.41, 5.74) is 6.55. The molecule has 3 aliphatic heterocycles. The highest BCUT2D eigenvalue weighted by Crippen LogP contribution is 2.48. The zero-order valence-corrected chi connectivity index (χ0v) is 53.4. The predicted octanol–water partition coefficient (Wildman–Crippen LogP) is 13.2. The Balaban J connectivity index is 0.000000161. The van der Waals surface area contributed by atoms with E-state index in [1.165, 1.54) is 36.4 Å². The molecule has 3 aliphatic carbocycles. The summed E-state index contributed by atoms with van der Waals surface area (Å²) >= 11 is 11.7. The molecule has 0 amide bonds. The zero-order chi connectivity index (χ0) is 57.9. The number of phenolic OH excluding ortho intramolecular Hbond substituents is 3. The van der Waals surface area contributed by atoms with E-state index in [1.807, 2.05) is 136 Å². The van der Waals surface area contributed by atoms with Crippen molar-refractivity contribution in [2.75, 3.05) is 0 Å². The van der Waals surface area contributed by atoms with Gasteiger partial charge >= 0.3 is 17.9 Å². The van der Waals surface area contributed by atoms with Gasteiger partial charge in [-0.05, 0) is 243 Å². The Kier molecular flexibility index (Phi) is 20.0. The monoisotopic (exact) mass is 1810 g/mol. The molecule has 0 atom stereocenters. The topological polar surface area (TPSA) is 263 Å². The Bertz CT molecular complexity index is 4260. The lowest BCUT2D eigenvalue weighted by Crippen LogP contribution is -2.08. The molecule has 0 aromatic heterocycles. The van der Waals surface area contributed by atoms with E-state index in [9.17, 15) is 59.4 Å². The summed E-state index contributed by atoms with van der Waals surface area (Å²) in [6.07, 6.45) is 0. The first-order valence-electron chi connectivity index (χ1n) is 23.4. The van der Waals surface area contributed by atoms with Gasteiger partial charge < -0.3 is 43.9 Å². The van der Waals surface area contributed by atoms with Gasteiger partial charge in [-0.3, -0.25) is 14.4 Å². The van der Waals surface area contributed by atoms with E-state index in [0.29, 0.717) is 122 Å². The number of carbonyl (C=O) groups is 3. The first kappa shape index (κ1) is 63.7. The fraction of sp³-hybridized carbons (Fsp3) is 0. The average molecular weight is 1810 g/mol. The number of fused-ring (bicyclic) bond motifs is 6. The molecular formula is C60H36Al2I6O15. The molecule has 414 valence electrons.